The van der Waals surface area contributed by atoms with Gasteiger partial charge in [0, 0.05) is 17.2 Å². The van der Waals surface area contributed by atoms with Crippen molar-refractivity contribution in [3.05, 3.63) is 47.8 Å². The van der Waals surface area contributed by atoms with Crippen LogP contribution in [0, 0.1) is 17.5 Å². The van der Waals surface area contributed by atoms with E-state index in [9.17, 15) is 13.2 Å². The molecule has 0 aliphatic heterocycles. The molecule has 2 aromatic carbocycles. The second-order valence-electron chi connectivity index (χ2n) is 3.79. The first-order valence-corrected chi connectivity index (χ1v) is 5.44. The molecule has 0 radical (unpaired) electrons. The van der Waals surface area contributed by atoms with Crippen LogP contribution >= 0.6 is 0 Å². The summed E-state index contributed by atoms with van der Waals surface area (Å²) < 4.78 is 50.7. The molecule has 2 nitrogen and oxygen atoms in total. The Morgan fingerprint density at radius 2 is 1.47 bits per heavy atom. The van der Waals surface area contributed by atoms with Gasteiger partial charge in [-0.1, -0.05) is 0 Å². The number of benzene rings is 2. The average molecular weight is 268 g/mol. The Morgan fingerprint density at radius 1 is 0.789 bits per heavy atom. The Bertz CT molecular complexity index is 612. The zero-order valence-corrected chi connectivity index (χ0v) is 10.3. The molecule has 0 aliphatic rings. The monoisotopic (exact) mass is 268 g/mol. The van der Waals surface area contributed by atoms with E-state index >= 15 is 0 Å². The van der Waals surface area contributed by atoms with Gasteiger partial charge in [0.15, 0.2) is 17.4 Å². The highest BCUT2D eigenvalue weighted by Gasteiger charge is 2.18. The van der Waals surface area contributed by atoms with E-state index in [2.05, 4.69) is 4.74 Å². The van der Waals surface area contributed by atoms with Crippen molar-refractivity contribution in [3.63, 3.8) is 0 Å². The summed E-state index contributed by atoms with van der Waals surface area (Å²) in [4.78, 5) is 0. The standard InChI is InChI=1S/C14H11F3O2/c1-18-8-3-4-9(12(16)7-8)10-5-6-11(15)14(19-2)13(10)17/h3-7H,1-2H3. The summed E-state index contributed by atoms with van der Waals surface area (Å²) in [6.07, 6.45) is 0. The van der Waals surface area contributed by atoms with Gasteiger partial charge in [0.1, 0.15) is 11.6 Å². The van der Waals surface area contributed by atoms with Crippen molar-refractivity contribution >= 4 is 0 Å². The first kappa shape index (κ1) is 13.3. The number of hydrogen-bond donors (Lipinski definition) is 0. The topological polar surface area (TPSA) is 18.5 Å². The van der Waals surface area contributed by atoms with Gasteiger partial charge in [-0.15, -0.1) is 0 Å². The maximum absolute atomic E-state index is 14.0. The Labute approximate surface area is 108 Å². The van der Waals surface area contributed by atoms with Crippen molar-refractivity contribution in [2.24, 2.45) is 0 Å². The lowest BCUT2D eigenvalue weighted by Crippen LogP contribution is -1.97. The molecule has 19 heavy (non-hydrogen) atoms. The summed E-state index contributed by atoms with van der Waals surface area (Å²) in [6, 6.07) is 6.18. The minimum absolute atomic E-state index is 0.0107. The lowest BCUT2D eigenvalue weighted by molar-refractivity contribution is 0.360. The summed E-state index contributed by atoms with van der Waals surface area (Å²) in [5.41, 5.74) is -0.0602. The van der Waals surface area contributed by atoms with Gasteiger partial charge in [0.05, 0.1) is 14.2 Å². The molecule has 0 amide bonds. The normalized spacial score (nSPS) is 10.4. The van der Waals surface area contributed by atoms with Crippen LogP contribution in [0.15, 0.2) is 30.3 Å². The summed E-state index contributed by atoms with van der Waals surface area (Å²) in [7, 11) is 2.55. The van der Waals surface area contributed by atoms with E-state index in [1.165, 1.54) is 19.2 Å². The predicted octanol–water partition coefficient (Wildman–Crippen LogP) is 3.79. The van der Waals surface area contributed by atoms with Crippen LogP contribution in [-0.4, -0.2) is 14.2 Å². The third kappa shape index (κ3) is 2.36. The van der Waals surface area contributed by atoms with Crippen LogP contribution in [0.3, 0.4) is 0 Å². The Hall–Kier alpha value is -2.17. The van der Waals surface area contributed by atoms with Gasteiger partial charge in [0.2, 0.25) is 0 Å². The van der Waals surface area contributed by atoms with Crippen molar-refractivity contribution in [2.45, 2.75) is 0 Å². The highest BCUT2D eigenvalue weighted by Crippen LogP contribution is 2.33. The first-order valence-electron chi connectivity index (χ1n) is 5.44. The van der Waals surface area contributed by atoms with Crippen LogP contribution in [0.25, 0.3) is 11.1 Å². The lowest BCUT2D eigenvalue weighted by atomic mass is 10.0. The fraction of sp³-hybridized carbons (Fsp3) is 0.143. The fourth-order valence-corrected chi connectivity index (χ4v) is 1.77. The SMILES string of the molecule is COc1ccc(-c2ccc(F)c(OC)c2F)c(F)c1. The molecule has 2 aromatic rings. The molecule has 5 heteroatoms. The lowest BCUT2D eigenvalue weighted by Gasteiger charge is -2.10. The van der Waals surface area contributed by atoms with E-state index in [0.29, 0.717) is 5.75 Å². The zero-order valence-electron chi connectivity index (χ0n) is 10.3. The summed E-state index contributed by atoms with van der Waals surface area (Å²) in [6.45, 7) is 0. The van der Waals surface area contributed by atoms with Crippen LogP contribution in [-0.2, 0) is 0 Å². The van der Waals surface area contributed by atoms with Gasteiger partial charge in [-0.05, 0) is 24.3 Å². The maximum atomic E-state index is 14.0. The quantitative estimate of drug-likeness (QED) is 0.843. The largest absolute Gasteiger partial charge is 0.497 e. The second-order valence-corrected chi connectivity index (χ2v) is 3.79. The molecule has 0 heterocycles. The third-order valence-electron chi connectivity index (χ3n) is 2.72. The zero-order chi connectivity index (χ0) is 14.0. The first-order chi connectivity index (χ1) is 9.08. The molecule has 0 atom stereocenters. The smallest absolute Gasteiger partial charge is 0.191 e. The van der Waals surface area contributed by atoms with Crippen molar-refractivity contribution in [1.82, 2.24) is 0 Å². The maximum Gasteiger partial charge on any atom is 0.191 e. The minimum Gasteiger partial charge on any atom is -0.497 e. The molecule has 0 fully saturated rings. The molecular formula is C14H11F3O2. The van der Waals surface area contributed by atoms with Crippen molar-refractivity contribution in [1.29, 1.82) is 0 Å². The van der Waals surface area contributed by atoms with Gasteiger partial charge in [0.25, 0.3) is 0 Å². The van der Waals surface area contributed by atoms with E-state index in [0.717, 1.165) is 25.3 Å². The van der Waals surface area contributed by atoms with Gasteiger partial charge in [-0.3, -0.25) is 0 Å². The Morgan fingerprint density at radius 3 is 2.05 bits per heavy atom. The number of halogens is 3. The van der Waals surface area contributed by atoms with E-state index < -0.39 is 23.2 Å². The molecule has 100 valence electrons. The molecule has 0 saturated carbocycles. The van der Waals surface area contributed by atoms with Gasteiger partial charge in [-0.2, -0.15) is 0 Å². The second kappa shape index (κ2) is 5.22. The van der Waals surface area contributed by atoms with Crippen LogP contribution in [0.2, 0.25) is 0 Å². The number of rotatable bonds is 3. The predicted molar refractivity (Wildman–Crippen MR) is 64.9 cm³/mol. The number of methoxy groups -OCH3 is 2. The van der Waals surface area contributed by atoms with E-state index in [-0.39, 0.29) is 11.1 Å². The number of hydrogen-bond acceptors (Lipinski definition) is 2. The van der Waals surface area contributed by atoms with E-state index in [1.807, 2.05) is 0 Å². The van der Waals surface area contributed by atoms with Crippen LogP contribution < -0.4 is 9.47 Å². The Kier molecular flexibility index (Phi) is 3.64. The summed E-state index contributed by atoms with van der Waals surface area (Å²) >= 11 is 0. The average Bonchev–Trinajstić information content (AvgIpc) is 2.40. The van der Waals surface area contributed by atoms with Gasteiger partial charge >= 0.3 is 0 Å². The van der Waals surface area contributed by atoms with Crippen molar-refractivity contribution < 1.29 is 22.6 Å². The molecule has 0 aliphatic carbocycles. The summed E-state index contributed by atoms with van der Waals surface area (Å²) in [5, 5.41) is 0. The molecule has 0 spiro atoms. The van der Waals surface area contributed by atoms with Crippen LogP contribution in [0.4, 0.5) is 13.2 Å². The van der Waals surface area contributed by atoms with Crippen molar-refractivity contribution in [3.8, 4) is 22.6 Å². The molecule has 0 aromatic heterocycles. The van der Waals surface area contributed by atoms with E-state index in [4.69, 9.17) is 4.74 Å². The van der Waals surface area contributed by atoms with Crippen molar-refractivity contribution in [2.75, 3.05) is 14.2 Å². The van der Waals surface area contributed by atoms with Crippen LogP contribution in [0.1, 0.15) is 0 Å². The molecular weight excluding hydrogens is 257 g/mol. The molecule has 0 saturated heterocycles. The Balaban J connectivity index is 2.59. The third-order valence-corrected chi connectivity index (χ3v) is 2.72. The van der Waals surface area contributed by atoms with E-state index in [1.54, 1.807) is 0 Å². The number of ether oxygens (including phenoxy) is 2. The molecule has 2 rings (SSSR count). The molecule has 0 bridgehead atoms. The summed E-state index contributed by atoms with van der Waals surface area (Å²) in [5.74, 6) is -2.65. The highest BCUT2D eigenvalue weighted by atomic mass is 19.1. The fourth-order valence-electron chi connectivity index (χ4n) is 1.77. The molecule has 0 N–H and O–H groups in total. The molecule has 0 unspecified atom stereocenters. The van der Waals surface area contributed by atoms with Crippen LogP contribution in [0.5, 0.6) is 11.5 Å². The van der Waals surface area contributed by atoms with Gasteiger partial charge in [-0.25, -0.2) is 13.2 Å². The highest BCUT2D eigenvalue weighted by molar-refractivity contribution is 5.67. The minimum atomic E-state index is -0.938. The van der Waals surface area contributed by atoms with Gasteiger partial charge < -0.3 is 9.47 Å².